The summed E-state index contributed by atoms with van der Waals surface area (Å²) in [4.78, 5) is 23.1. The quantitative estimate of drug-likeness (QED) is 0.428. The van der Waals surface area contributed by atoms with Gasteiger partial charge in [0.1, 0.15) is 6.61 Å². The molecule has 8 heteroatoms. The smallest absolute Gasteiger partial charge is 0.315 e. The zero-order valence-electron chi connectivity index (χ0n) is 13.8. The molecule has 2 aliphatic rings. The molecule has 0 aromatic heterocycles. The van der Waals surface area contributed by atoms with E-state index < -0.39 is 15.1 Å². The summed E-state index contributed by atoms with van der Waals surface area (Å²) in [5.41, 5.74) is 0.934. The Balaban J connectivity index is 1.39. The minimum atomic E-state index is -3.21. The summed E-state index contributed by atoms with van der Waals surface area (Å²) in [6, 6.07) is 8.44. The highest BCUT2D eigenvalue weighted by atomic mass is 32.2. The minimum Gasteiger partial charge on any atom is -0.461 e. The second kappa shape index (κ2) is 7.43. The van der Waals surface area contributed by atoms with E-state index in [0.29, 0.717) is 19.3 Å². The van der Waals surface area contributed by atoms with Crippen LogP contribution < -0.4 is 10.6 Å². The maximum Gasteiger partial charge on any atom is 0.315 e. The molecular formula is C17H22N2O5S. The molecule has 2 N–H and O–H groups in total. The van der Waals surface area contributed by atoms with Crippen LogP contribution in [0.4, 0.5) is 4.79 Å². The van der Waals surface area contributed by atoms with E-state index in [1.54, 1.807) is 0 Å². The van der Waals surface area contributed by atoms with Crippen LogP contribution in [-0.2, 0) is 26.0 Å². The van der Waals surface area contributed by atoms with Crippen molar-refractivity contribution in [2.75, 3.05) is 5.75 Å². The normalized spacial score (nSPS) is 26.6. The second-order valence-electron chi connectivity index (χ2n) is 6.51. The molecule has 0 aliphatic carbocycles. The number of fused-ring (bicyclic) bond motifs is 1. The number of benzene rings is 1. The number of unbranched alkanes of at least 4 members (excludes halogenated alkanes) is 1. The monoisotopic (exact) mass is 366 g/mol. The average molecular weight is 366 g/mol. The van der Waals surface area contributed by atoms with Crippen molar-refractivity contribution in [1.29, 1.82) is 0 Å². The average Bonchev–Trinajstić information content (AvgIpc) is 3.02. The van der Waals surface area contributed by atoms with Crippen LogP contribution in [-0.4, -0.2) is 43.5 Å². The minimum absolute atomic E-state index is 0.0137. The van der Waals surface area contributed by atoms with E-state index in [4.69, 9.17) is 4.74 Å². The molecule has 0 spiro atoms. The number of hydrogen-bond acceptors (Lipinski definition) is 5. The van der Waals surface area contributed by atoms with E-state index in [1.807, 2.05) is 30.3 Å². The molecule has 1 aromatic rings. The van der Waals surface area contributed by atoms with E-state index in [1.165, 1.54) is 0 Å². The van der Waals surface area contributed by atoms with Crippen molar-refractivity contribution in [1.82, 2.24) is 10.6 Å². The van der Waals surface area contributed by atoms with Crippen molar-refractivity contribution in [3.8, 4) is 0 Å². The number of carbonyl (C=O) groups is 2. The van der Waals surface area contributed by atoms with Gasteiger partial charge in [-0.2, -0.15) is 0 Å². The number of rotatable bonds is 7. The van der Waals surface area contributed by atoms with Crippen LogP contribution in [0.2, 0.25) is 0 Å². The number of urea groups is 1. The highest BCUT2D eigenvalue weighted by Crippen LogP contribution is 2.28. The number of nitrogens with one attached hydrogen (secondary N) is 2. The molecule has 25 heavy (non-hydrogen) atoms. The molecule has 3 atom stereocenters. The highest BCUT2D eigenvalue weighted by molar-refractivity contribution is 7.92. The van der Waals surface area contributed by atoms with Gasteiger partial charge in [0, 0.05) is 6.42 Å². The first-order valence-corrected chi connectivity index (χ1v) is 10.2. The van der Waals surface area contributed by atoms with Gasteiger partial charge in [-0.25, -0.2) is 13.2 Å². The zero-order valence-corrected chi connectivity index (χ0v) is 14.6. The summed E-state index contributed by atoms with van der Waals surface area (Å²) in [6.07, 6.45) is 1.87. The molecule has 2 saturated heterocycles. The zero-order chi connectivity index (χ0) is 17.9. The maximum atomic E-state index is 12.2. The molecule has 0 unspecified atom stereocenters. The number of amides is 2. The van der Waals surface area contributed by atoms with E-state index in [2.05, 4.69) is 10.6 Å². The summed E-state index contributed by atoms with van der Waals surface area (Å²) in [5.74, 6) is -0.299. The van der Waals surface area contributed by atoms with Crippen LogP contribution in [0, 0.1) is 0 Å². The van der Waals surface area contributed by atoms with E-state index in [0.717, 1.165) is 5.56 Å². The molecule has 2 heterocycles. The standard InChI is InChI=1S/C17H22N2O5S/c20-15(24-10-12-6-2-1-3-7-12)9-5-4-8-14-16-13(11-25(14,22)23)18-17(21)19-16/h1-3,6-7,13-14,16H,4-5,8-11H2,(H2,18,19,21)/t13-,14-,16-/m1/s1. The van der Waals surface area contributed by atoms with Crippen LogP contribution >= 0.6 is 0 Å². The summed E-state index contributed by atoms with van der Waals surface area (Å²) < 4.78 is 29.6. The van der Waals surface area contributed by atoms with Gasteiger partial charge < -0.3 is 15.4 Å². The molecule has 0 radical (unpaired) electrons. The van der Waals surface area contributed by atoms with Gasteiger partial charge in [-0.05, 0) is 18.4 Å². The predicted molar refractivity (Wildman–Crippen MR) is 91.5 cm³/mol. The Morgan fingerprint density at radius 2 is 1.92 bits per heavy atom. The molecule has 1 aromatic carbocycles. The third-order valence-corrected chi connectivity index (χ3v) is 6.96. The molecule has 7 nitrogen and oxygen atoms in total. The Labute approximate surface area is 147 Å². The first-order valence-electron chi connectivity index (χ1n) is 8.44. The van der Waals surface area contributed by atoms with E-state index in [-0.39, 0.29) is 42.9 Å². The van der Waals surface area contributed by atoms with Crippen molar-refractivity contribution < 1.29 is 22.7 Å². The van der Waals surface area contributed by atoms with Crippen LogP contribution in [0.5, 0.6) is 0 Å². The molecule has 136 valence electrons. The van der Waals surface area contributed by atoms with Crippen LogP contribution in [0.25, 0.3) is 0 Å². The molecule has 2 amide bonds. The highest BCUT2D eigenvalue weighted by Gasteiger charge is 2.51. The van der Waals surface area contributed by atoms with Gasteiger partial charge in [0.15, 0.2) is 9.84 Å². The number of ether oxygens (including phenoxy) is 1. The Hall–Kier alpha value is -2.09. The van der Waals surface area contributed by atoms with Crippen LogP contribution in [0.3, 0.4) is 0 Å². The van der Waals surface area contributed by atoms with Crippen molar-refractivity contribution in [3.63, 3.8) is 0 Å². The van der Waals surface area contributed by atoms with Crippen LogP contribution in [0.15, 0.2) is 30.3 Å². The van der Waals surface area contributed by atoms with Gasteiger partial charge in [0.05, 0.1) is 23.1 Å². The molecule has 0 saturated carbocycles. The van der Waals surface area contributed by atoms with Crippen molar-refractivity contribution in [2.24, 2.45) is 0 Å². The molecular weight excluding hydrogens is 344 g/mol. The van der Waals surface area contributed by atoms with E-state index in [9.17, 15) is 18.0 Å². The van der Waals surface area contributed by atoms with Gasteiger partial charge in [-0.3, -0.25) is 4.79 Å². The predicted octanol–water partition coefficient (Wildman–Crippen LogP) is 1.14. The molecule has 2 aliphatic heterocycles. The van der Waals surface area contributed by atoms with Gasteiger partial charge in [0.2, 0.25) is 0 Å². The molecule has 3 rings (SSSR count). The Morgan fingerprint density at radius 1 is 1.16 bits per heavy atom. The van der Waals surface area contributed by atoms with Gasteiger partial charge in [0.25, 0.3) is 0 Å². The summed E-state index contributed by atoms with van der Waals surface area (Å²) >= 11 is 0. The lowest BCUT2D eigenvalue weighted by molar-refractivity contribution is -0.145. The van der Waals surface area contributed by atoms with Gasteiger partial charge in [-0.1, -0.05) is 36.8 Å². The third kappa shape index (κ3) is 4.31. The van der Waals surface area contributed by atoms with Gasteiger partial charge >= 0.3 is 12.0 Å². The second-order valence-corrected chi connectivity index (χ2v) is 8.77. The first-order chi connectivity index (χ1) is 12.0. The SMILES string of the molecule is O=C1N[C@H]2[C@@H](CCCCC(=O)OCc3ccccc3)S(=O)(=O)C[C@H]2N1. The number of carbonyl (C=O) groups excluding carboxylic acids is 2. The number of hydrogen-bond donors (Lipinski definition) is 2. The number of sulfone groups is 1. The lowest BCUT2D eigenvalue weighted by Crippen LogP contribution is -2.39. The van der Waals surface area contributed by atoms with E-state index >= 15 is 0 Å². The summed E-state index contributed by atoms with van der Waals surface area (Å²) in [6.45, 7) is 0.248. The topological polar surface area (TPSA) is 102 Å². The number of esters is 1. The molecule has 0 bridgehead atoms. The largest absolute Gasteiger partial charge is 0.461 e. The van der Waals surface area contributed by atoms with Crippen molar-refractivity contribution in [3.05, 3.63) is 35.9 Å². The third-order valence-electron chi connectivity index (χ3n) is 4.68. The Kier molecular flexibility index (Phi) is 5.27. The first kappa shape index (κ1) is 17.7. The summed E-state index contributed by atoms with van der Waals surface area (Å²) in [5, 5.41) is 4.76. The fourth-order valence-electron chi connectivity index (χ4n) is 3.43. The van der Waals surface area contributed by atoms with Crippen LogP contribution in [0.1, 0.15) is 31.2 Å². The van der Waals surface area contributed by atoms with Gasteiger partial charge in [-0.15, -0.1) is 0 Å². The van der Waals surface area contributed by atoms with Crippen molar-refractivity contribution >= 4 is 21.8 Å². The lowest BCUT2D eigenvalue weighted by atomic mass is 10.0. The lowest BCUT2D eigenvalue weighted by Gasteiger charge is -2.16. The fraction of sp³-hybridized carbons (Fsp3) is 0.529. The maximum absolute atomic E-state index is 12.2. The fourth-order valence-corrected chi connectivity index (χ4v) is 5.70. The summed E-state index contributed by atoms with van der Waals surface area (Å²) in [7, 11) is -3.21. The Bertz CT molecular complexity index is 735. The van der Waals surface area contributed by atoms with Crippen molar-refractivity contribution in [2.45, 2.75) is 49.6 Å². The Morgan fingerprint density at radius 3 is 2.68 bits per heavy atom. The molecule has 2 fully saturated rings.